The number of thiocarbonyl (C=S) groups is 1. The van der Waals surface area contributed by atoms with E-state index in [-0.39, 0.29) is 11.5 Å². The van der Waals surface area contributed by atoms with Crippen molar-refractivity contribution >= 4 is 28.7 Å². The first-order chi connectivity index (χ1) is 10.9. The highest BCUT2D eigenvalue weighted by atomic mass is 32.1. The van der Waals surface area contributed by atoms with Crippen LogP contribution in [0, 0.1) is 13.8 Å². The van der Waals surface area contributed by atoms with Gasteiger partial charge in [0, 0.05) is 11.3 Å². The minimum Gasteiger partial charge on any atom is -0.508 e. The summed E-state index contributed by atoms with van der Waals surface area (Å²) in [6.45, 7) is 5.71. The summed E-state index contributed by atoms with van der Waals surface area (Å²) in [6.07, 6.45) is 0. The van der Waals surface area contributed by atoms with Gasteiger partial charge < -0.3 is 15.5 Å². The summed E-state index contributed by atoms with van der Waals surface area (Å²) >= 11 is 5.24. The molecule has 4 N–H and O–H groups in total. The number of nitrogens with zero attached hydrogens (tertiary/aromatic N) is 1. The van der Waals surface area contributed by atoms with E-state index < -0.39 is 0 Å². The second-order valence-corrected chi connectivity index (χ2v) is 5.64. The van der Waals surface area contributed by atoms with E-state index in [0.29, 0.717) is 16.4 Å². The van der Waals surface area contributed by atoms with Crippen molar-refractivity contribution in [3.05, 3.63) is 53.1 Å². The van der Waals surface area contributed by atoms with Crippen molar-refractivity contribution < 1.29 is 10.2 Å². The summed E-state index contributed by atoms with van der Waals surface area (Å²) in [7, 11) is 0. The Bertz CT molecular complexity index is 752. The molecule has 2 aromatic carbocycles. The van der Waals surface area contributed by atoms with Gasteiger partial charge in [0.1, 0.15) is 11.5 Å². The molecular formula is C17H19N3O2S. The quantitative estimate of drug-likeness (QED) is 0.300. The van der Waals surface area contributed by atoms with Crippen LogP contribution >= 0.6 is 12.2 Å². The number of phenols is 2. The molecule has 0 amide bonds. The highest BCUT2D eigenvalue weighted by molar-refractivity contribution is 7.80. The Labute approximate surface area is 140 Å². The van der Waals surface area contributed by atoms with Gasteiger partial charge in [-0.3, -0.25) is 5.43 Å². The van der Waals surface area contributed by atoms with Crippen molar-refractivity contribution in [1.29, 1.82) is 0 Å². The molecule has 2 rings (SSSR count). The largest absolute Gasteiger partial charge is 0.508 e. The van der Waals surface area contributed by atoms with Gasteiger partial charge in [-0.05, 0) is 62.3 Å². The fourth-order valence-electron chi connectivity index (χ4n) is 2.16. The van der Waals surface area contributed by atoms with Gasteiger partial charge in [0.2, 0.25) is 0 Å². The van der Waals surface area contributed by atoms with Gasteiger partial charge in [-0.25, -0.2) is 0 Å². The molecule has 0 saturated heterocycles. The molecule has 5 nitrogen and oxygen atoms in total. The number of aryl methyl sites for hydroxylation is 2. The molecule has 0 aliphatic rings. The van der Waals surface area contributed by atoms with Crippen molar-refractivity contribution in [2.75, 3.05) is 5.32 Å². The highest BCUT2D eigenvalue weighted by Gasteiger charge is 2.07. The fourth-order valence-corrected chi connectivity index (χ4v) is 2.31. The lowest BCUT2D eigenvalue weighted by Crippen LogP contribution is -2.25. The summed E-state index contributed by atoms with van der Waals surface area (Å²) < 4.78 is 0. The molecule has 0 atom stereocenters. The third-order valence-corrected chi connectivity index (χ3v) is 3.61. The third-order valence-electron chi connectivity index (χ3n) is 3.41. The molecule has 0 saturated carbocycles. The molecule has 23 heavy (non-hydrogen) atoms. The maximum absolute atomic E-state index is 9.81. The average Bonchev–Trinajstić information content (AvgIpc) is 2.51. The molecule has 0 aromatic heterocycles. The lowest BCUT2D eigenvalue weighted by molar-refractivity contribution is 0.459. The molecule has 0 aliphatic carbocycles. The van der Waals surface area contributed by atoms with E-state index in [2.05, 4.69) is 15.8 Å². The van der Waals surface area contributed by atoms with Crippen LogP contribution < -0.4 is 10.7 Å². The van der Waals surface area contributed by atoms with E-state index in [1.165, 1.54) is 18.2 Å². The number of para-hydroxylation sites is 1. The van der Waals surface area contributed by atoms with Crippen molar-refractivity contribution in [1.82, 2.24) is 5.43 Å². The maximum Gasteiger partial charge on any atom is 0.191 e. The van der Waals surface area contributed by atoms with Crippen LogP contribution in [0.15, 0.2) is 41.5 Å². The Morgan fingerprint density at radius 1 is 1.09 bits per heavy atom. The van der Waals surface area contributed by atoms with Crippen LogP contribution in [0.25, 0.3) is 0 Å². The first-order valence-electron chi connectivity index (χ1n) is 7.08. The number of anilines is 1. The second-order valence-electron chi connectivity index (χ2n) is 5.23. The van der Waals surface area contributed by atoms with Crippen LogP contribution in [-0.2, 0) is 0 Å². The molecule has 6 heteroatoms. The Balaban J connectivity index is 2.10. The van der Waals surface area contributed by atoms with Crippen LogP contribution in [0.1, 0.15) is 23.6 Å². The average molecular weight is 329 g/mol. The third kappa shape index (κ3) is 4.20. The number of hydrogen-bond donors (Lipinski definition) is 4. The summed E-state index contributed by atoms with van der Waals surface area (Å²) in [5, 5.41) is 26.9. The highest BCUT2D eigenvalue weighted by Crippen LogP contribution is 2.22. The van der Waals surface area contributed by atoms with Crippen LogP contribution in [0.2, 0.25) is 0 Å². The van der Waals surface area contributed by atoms with Crippen LogP contribution in [-0.4, -0.2) is 21.0 Å². The van der Waals surface area contributed by atoms with Gasteiger partial charge in [-0.15, -0.1) is 0 Å². The molecule has 0 radical (unpaired) electrons. The molecule has 0 unspecified atom stereocenters. The van der Waals surface area contributed by atoms with E-state index >= 15 is 0 Å². The minimum absolute atomic E-state index is 0.0412. The van der Waals surface area contributed by atoms with E-state index in [1.807, 2.05) is 32.0 Å². The Hall–Kier alpha value is -2.60. The standard InChI is InChI=1S/C17H19N3O2S/c1-10-5-4-6-11(2)16(10)18-17(23)20-19-12(3)14-9-13(21)7-8-15(14)22/h4-9,21-22H,1-3H3,(H2,18,20,23)/b19-12+. The Kier molecular flexibility index (Phi) is 5.18. The lowest BCUT2D eigenvalue weighted by atomic mass is 10.1. The fraction of sp³-hybridized carbons (Fsp3) is 0.176. The van der Waals surface area contributed by atoms with Crippen LogP contribution in [0.3, 0.4) is 0 Å². The number of nitrogens with one attached hydrogen (secondary N) is 2. The molecule has 0 aliphatic heterocycles. The van der Waals surface area contributed by atoms with E-state index in [4.69, 9.17) is 12.2 Å². The molecule has 0 heterocycles. The zero-order valence-corrected chi connectivity index (χ0v) is 14.0. The van der Waals surface area contributed by atoms with Gasteiger partial charge in [0.05, 0.1) is 5.71 Å². The maximum atomic E-state index is 9.81. The topological polar surface area (TPSA) is 76.9 Å². The molecular weight excluding hydrogens is 310 g/mol. The van der Waals surface area contributed by atoms with Gasteiger partial charge in [0.15, 0.2) is 5.11 Å². The summed E-state index contributed by atoms with van der Waals surface area (Å²) in [5.74, 6) is 0.100. The van der Waals surface area contributed by atoms with Crippen molar-refractivity contribution in [3.8, 4) is 11.5 Å². The first-order valence-corrected chi connectivity index (χ1v) is 7.49. The van der Waals surface area contributed by atoms with Crippen molar-refractivity contribution in [2.24, 2.45) is 5.10 Å². The number of phenolic OH excluding ortho intramolecular Hbond substituents is 2. The lowest BCUT2D eigenvalue weighted by Gasteiger charge is -2.13. The number of rotatable bonds is 3. The van der Waals surface area contributed by atoms with Crippen LogP contribution in [0.4, 0.5) is 5.69 Å². The number of hydrogen-bond acceptors (Lipinski definition) is 4. The number of hydrazone groups is 1. The van der Waals surface area contributed by atoms with Gasteiger partial charge in [-0.2, -0.15) is 5.10 Å². The van der Waals surface area contributed by atoms with Gasteiger partial charge in [0.25, 0.3) is 0 Å². The van der Waals surface area contributed by atoms with Gasteiger partial charge >= 0.3 is 0 Å². The summed E-state index contributed by atoms with van der Waals surface area (Å²) in [5.41, 5.74) is 6.80. The molecule has 0 bridgehead atoms. The monoisotopic (exact) mass is 329 g/mol. The zero-order chi connectivity index (χ0) is 17.0. The summed E-state index contributed by atoms with van der Waals surface area (Å²) in [4.78, 5) is 0. The predicted molar refractivity (Wildman–Crippen MR) is 97.3 cm³/mol. The minimum atomic E-state index is 0.0412. The second kappa shape index (κ2) is 7.11. The van der Waals surface area contributed by atoms with Crippen LogP contribution in [0.5, 0.6) is 11.5 Å². The number of aromatic hydroxyl groups is 2. The SMILES string of the molecule is C/C(=N\NC(=S)Nc1c(C)cccc1C)c1cc(O)ccc1O. The van der Waals surface area contributed by atoms with E-state index in [0.717, 1.165) is 16.8 Å². The van der Waals surface area contributed by atoms with E-state index in [1.54, 1.807) is 6.92 Å². The zero-order valence-electron chi connectivity index (χ0n) is 13.2. The van der Waals surface area contributed by atoms with Crippen molar-refractivity contribution in [3.63, 3.8) is 0 Å². The van der Waals surface area contributed by atoms with Gasteiger partial charge in [-0.1, -0.05) is 18.2 Å². The number of benzene rings is 2. The molecule has 0 spiro atoms. The molecule has 120 valence electrons. The van der Waals surface area contributed by atoms with E-state index in [9.17, 15) is 10.2 Å². The molecule has 0 fully saturated rings. The summed E-state index contributed by atoms with van der Waals surface area (Å²) in [6, 6.07) is 10.2. The normalized spacial score (nSPS) is 11.2. The Morgan fingerprint density at radius 3 is 2.39 bits per heavy atom. The molecule has 2 aromatic rings. The van der Waals surface area contributed by atoms with Crippen molar-refractivity contribution in [2.45, 2.75) is 20.8 Å². The smallest absolute Gasteiger partial charge is 0.191 e. The predicted octanol–water partition coefficient (Wildman–Crippen LogP) is 3.43. The Morgan fingerprint density at radius 2 is 1.74 bits per heavy atom. The first kappa shape index (κ1) is 16.8.